The smallest absolute Gasteiger partial charge is 0.320 e. The minimum atomic E-state index is -0.762. The van der Waals surface area contributed by atoms with Crippen LogP contribution in [-0.2, 0) is 0 Å². The molecule has 1 aromatic heterocycles. The number of carbonyl (C=O) groups is 1. The van der Waals surface area contributed by atoms with E-state index in [4.69, 9.17) is 0 Å². The van der Waals surface area contributed by atoms with E-state index in [0.29, 0.717) is 5.82 Å². The molecule has 2 rings (SSSR count). The number of nitroso groups, excluding NO2 is 1. The molecule has 16 heavy (non-hydrogen) atoms. The minimum Gasteiger partial charge on any atom is -0.353 e. The molecule has 1 amide bonds. The van der Waals surface area contributed by atoms with Crippen molar-refractivity contribution in [2.24, 2.45) is 5.18 Å². The zero-order chi connectivity index (χ0) is 11.4. The van der Waals surface area contributed by atoms with Crippen LogP contribution >= 0.6 is 0 Å². The Morgan fingerprint density at radius 2 is 2.19 bits per heavy atom. The Kier molecular flexibility index (Phi) is 3.21. The van der Waals surface area contributed by atoms with E-state index in [1.54, 1.807) is 18.3 Å². The van der Waals surface area contributed by atoms with Gasteiger partial charge in [-0.2, -0.15) is 0 Å². The number of hydrogen-bond donors (Lipinski definition) is 1. The molecule has 1 saturated heterocycles. The van der Waals surface area contributed by atoms with Crippen LogP contribution in [0.3, 0.4) is 0 Å². The summed E-state index contributed by atoms with van der Waals surface area (Å²) < 4.78 is 0. The van der Waals surface area contributed by atoms with Crippen LogP contribution in [0.4, 0.5) is 5.82 Å². The van der Waals surface area contributed by atoms with E-state index in [1.807, 2.05) is 4.90 Å². The zero-order valence-electron chi connectivity index (χ0n) is 8.72. The Morgan fingerprint density at radius 3 is 2.88 bits per heavy atom. The van der Waals surface area contributed by atoms with E-state index in [2.05, 4.69) is 15.5 Å². The van der Waals surface area contributed by atoms with E-state index in [9.17, 15) is 9.70 Å². The average Bonchev–Trinajstić information content (AvgIpc) is 2.39. The Balaban J connectivity index is 2.31. The summed E-state index contributed by atoms with van der Waals surface area (Å²) in [5.74, 6) is -0.213. The molecular formula is C10H12N4O2. The summed E-state index contributed by atoms with van der Waals surface area (Å²) in [6, 6.07) is 3.21. The molecule has 0 radical (unpaired) electrons. The molecule has 84 valence electrons. The maximum Gasteiger partial charge on any atom is 0.320 e. The van der Waals surface area contributed by atoms with Gasteiger partial charge in [0.15, 0.2) is 0 Å². The number of hydrogen-bond acceptors (Lipinski definition) is 5. The normalized spacial score (nSPS) is 15.9. The van der Waals surface area contributed by atoms with E-state index in [0.717, 1.165) is 26.2 Å². The van der Waals surface area contributed by atoms with Crippen LogP contribution < -0.4 is 10.2 Å². The summed E-state index contributed by atoms with van der Waals surface area (Å²) in [4.78, 5) is 27.7. The lowest BCUT2D eigenvalue weighted by Crippen LogP contribution is -2.44. The van der Waals surface area contributed by atoms with Crippen molar-refractivity contribution in [2.45, 2.75) is 0 Å². The van der Waals surface area contributed by atoms with Crippen LogP contribution in [0.2, 0.25) is 0 Å². The molecule has 6 heteroatoms. The van der Waals surface area contributed by atoms with Crippen LogP contribution in [0.5, 0.6) is 0 Å². The molecule has 0 aliphatic carbocycles. The largest absolute Gasteiger partial charge is 0.353 e. The number of anilines is 1. The van der Waals surface area contributed by atoms with E-state index < -0.39 is 5.91 Å². The van der Waals surface area contributed by atoms with Crippen molar-refractivity contribution in [3.05, 3.63) is 28.8 Å². The number of nitrogens with zero attached hydrogens (tertiary/aromatic N) is 3. The van der Waals surface area contributed by atoms with E-state index >= 15 is 0 Å². The van der Waals surface area contributed by atoms with Gasteiger partial charge in [0.25, 0.3) is 0 Å². The molecule has 0 aromatic carbocycles. The van der Waals surface area contributed by atoms with Crippen molar-refractivity contribution in [3.8, 4) is 0 Å². The summed E-state index contributed by atoms with van der Waals surface area (Å²) in [5, 5.41) is 5.65. The summed E-state index contributed by atoms with van der Waals surface area (Å²) >= 11 is 0. The highest BCUT2D eigenvalue weighted by Gasteiger charge is 2.19. The van der Waals surface area contributed by atoms with Crippen molar-refractivity contribution in [2.75, 3.05) is 31.1 Å². The fraction of sp³-hybridized carbons (Fsp3) is 0.400. The second kappa shape index (κ2) is 4.80. The first-order valence-electron chi connectivity index (χ1n) is 5.11. The Hall–Kier alpha value is -1.82. The minimum absolute atomic E-state index is 0.277. The molecule has 6 nitrogen and oxygen atoms in total. The molecule has 1 fully saturated rings. The maximum absolute atomic E-state index is 11.3. The molecule has 1 aliphatic rings. The van der Waals surface area contributed by atoms with Gasteiger partial charge >= 0.3 is 5.91 Å². The summed E-state index contributed by atoms with van der Waals surface area (Å²) in [7, 11) is 0. The van der Waals surface area contributed by atoms with Crippen LogP contribution in [0.1, 0.15) is 10.4 Å². The number of amides is 1. The molecule has 0 spiro atoms. The van der Waals surface area contributed by atoms with Gasteiger partial charge < -0.3 is 10.2 Å². The predicted molar refractivity (Wildman–Crippen MR) is 59.4 cm³/mol. The molecule has 0 atom stereocenters. The maximum atomic E-state index is 11.3. The van der Waals surface area contributed by atoms with Crippen LogP contribution in [0.15, 0.2) is 23.5 Å². The van der Waals surface area contributed by atoms with Crippen molar-refractivity contribution < 1.29 is 4.79 Å². The summed E-state index contributed by atoms with van der Waals surface area (Å²) in [6.07, 6.45) is 1.61. The highest BCUT2D eigenvalue weighted by Crippen LogP contribution is 2.18. The SMILES string of the molecule is O=NC(=O)c1cccnc1N1CCNCC1. The monoisotopic (exact) mass is 220 g/mol. The topological polar surface area (TPSA) is 74.7 Å². The predicted octanol–water partition coefficient (Wildman–Crippen LogP) is 0.398. The van der Waals surface area contributed by atoms with Gasteiger partial charge in [0.1, 0.15) is 5.82 Å². The average molecular weight is 220 g/mol. The van der Waals surface area contributed by atoms with Gasteiger partial charge in [-0.25, -0.2) is 4.98 Å². The third kappa shape index (κ3) is 2.06. The van der Waals surface area contributed by atoms with Crippen LogP contribution in [-0.4, -0.2) is 37.1 Å². The fourth-order valence-electron chi connectivity index (χ4n) is 1.74. The lowest BCUT2D eigenvalue weighted by atomic mass is 10.2. The Bertz CT molecular complexity index is 402. The molecule has 1 aromatic rings. The first-order chi connectivity index (χ1) is 7.83. The van der Waals surface area contributed by atoms with Crippen molar-refractivity contribution in [1.82, 2.24) is 10.3 Å². The van der Waals surface area contributed by atoms with Crippen LogP contribution in [0, 0.1) is 4.91 Å². The van der Waals surface area contributed by atoms with E-state index in [-0.39, 0.29) is 5.56 Å². The first-order valence-corrected chi connectivity index (χ1v) is 5.11. The highest BCUT2D eigenvalue weighted by molar-refractivity contribution is 5.99. The van der Waals surface area contributed by atoms with Crippen molar-refractivity contribution in [3.63, 3.8) is 0 Å². The van der Waals surface area contributed by atoms with E-state index in [1.165, 1.54) is 0 Å². The Morgan fingerprint density at radius 1 is 1.44 bits per heavy atom. The number of carbonyl (C=O) groups excluding carboxylic acids is 1. The molecule has 2 heterocycles. The van der Waals surface area contributed by atoms with Gasteiger partial charge in [-0.15, -0.1) is 4.91 Å². The van der Waals surface area contributed by atoms with Gasteiger partial charge in [0, 0.05) is 37.6 Å². The van der Waals surface area contributed by atoms with Crippen molar-refractivity contribution in [1.29, 1.82) is 0 Å². The second-order valence-corrected chi connectivity index (χ2v) is 3.51. The van der Waals surface area contributed by atoms with Gasteiger partial charge in [-0.3, -0.25) is 4.79 Å². The number of nitrogens with one attached hydrogen (secondary N) is 1. The van der Waals surface area contributed by atoms with Gasteiger partial charge in [0.05, 0.1) is 5.56 Å². The second-order valence-electron chi connectivity index (χ2n) is 3.51. The lowest BCUT2D eigenvalue weighted by molar-refractivity contribution is 0.100. The fourth-order valence-corrected chi connectivity index (χ4v) is 1.74. The highest BCUT2D eigenvalue weighted by atomic mass is 16.3. The third-order valence-electron chi connectivity index (χ3n) is 2.52. The molecule has 1 N–H and O–H groups in total. The molecule has 0 unspecified atom stereocenters. The van der Waals surface area contributed by atoms with Gasteiger partial charge in [-0.1, -0.05) is 0 Å². The van der Waals surface area contributed by atoms with Crippen LogP contribution in [0.25, 0.3) is 0 Å². The molecule has 0 saturated carbocycles. The summed E-state index contributed by atoms with van der Waals surface area (Å²) in [5.41, 5.74) is 0.277. The first kappa shape index (κ1) is 10.7. The zero-order valence-corrected chi connectivity index (χ0v) is 8.72. The molecular weight excluding hydrogens is 208 g/mol. The lowest BCUT2D eigenvalue weighted by Gasteiger charge is -2.29. The Labute approximate surface area is 92.6 Å². The number of rotatable bonds is 2. The quantitative estimate of drug-likeness (QED) is 0.730. The molecule has 1 aliphatic heterocycles. The van der Waals surface area contributed by atoms with Gasteiger partial charge in [0.2, 0.25) is 0 Å². The van der Waals surface area contributed by atoms with Crippen molar-refractivity contribution >= 4 is 11.7 Å². The third-order valence-corrected chi connectivity index (χ3v) is 2.52. The molecule has 0 bridgehead atoms. The standard InChI is InChI=1S/C10H12N4O2/c15-10(13-16)8-2-1-3-12-9(8)14-6-4-11-5-7-14/h1-3,11H,4-7H2. The van der Waals surface area contributed by atoms with Gasteiger partial charge in [-0.05, 0) is 12.1 Å². The number of pyridine rings is 1. The number of aromatic nitrogens is 1. The number of piperazine rings is 1. The summed E-state index contributed by atoms with van der Waals surface area (Å²) in [6.45, 7) is 3.24.